The number of methoxy groups -OCH3 is 1. The van der Waals surface area contributed by atoms with Crippen molar-refractivity contribution in [3.8, 4) is 5.75 Å². The Balaban J connectivity index is 2.69. The monoisotopic (exact) mass is 289 g/mol. The highest BCUT2D eigenvalue weighted by atomic mass is 35.5. The molecule has 1 heterocycles. The third-order valence-corrected chi connectivity index (χ3v) is 3.61. The van der Waals surface area contributed by atoms with E-state index in [1.165, 1.54) is 25.2 Å². The van der Waals surface area contributed by atoms with Gasteiger partial charge in [-0.3, -0.25) is 4.79 Å². The molecule has 0 unspecified atom stereocenters. The minimum atomic E-state index is 0.0711. The number of amides is 1. The van der Waals surface area contributed by atoms with Gasteiger partial charge in [-0.1, -0.05) is 23.4 Å². The lowest BCUT2D eigenvalue weighted by atomic mass is 10.5. The topological polar surface area (TPSA) is 55.3 Å². The summed E-state index contributed by atoms with van der Waals surface area (Å²) in [5.41, 5.74) is 0. The van der Waals surface area contributed by atoms with Gasteiger partial charge in [0.25, 0.3) is 0 Å². The summed E-state index contributed by atoms with van der Waals surface area (Å²) in [6, 6.07) is 0. The van der Waals surface area contributed by atoms with Crippen molar-refractivity contribution in [1.82, 2.24) is 14.9 Å². The van der Waals surface area contributed by atoms with Crippen LogP contribution in [0, 0.1) is 0 Å². The Bertz CT molecular complexity index is 413. The van der Waals surface area contributed by atoms with Gasteiger partial charge in [-0.05, 0) is 13.8 Å². The van der Waals surface area contributed by atoms with E-state index in [0.717, 1.165) is 0 Å². The van der Waals surface area contributed by atoms with Crippen molar-refractivity contribution in [2.75, 3.05) is 26.0 Å². The summed E-state index contributed by atoms with van der Waals surface area (Å²) in [5.74, 6) is 0.795. The summed E-state index contributed by atoms with van der Waals surface area (Å²) in [5, 5.41) is 0.836. The quantitative estimate of drug-likeness (QED) is 0.593. The zero-order chi connectivity index (χ0) is 13.5. The summed E-state index contributed by atoms with van der Waals surface area (Å²) in [4.78, 5) is 21.5. The van der Waals surface area contributed by atoms with Gasteiger partial charge in [0.2, 0.25) is 5.91 Å². The molecule has 0 fully saturated rings. The van der Waals surface area contributed by atoms with Crippen molar-refractivity contribution in [1.29, 1.82) is 0 Å². The normalized spacial score (nSPS) is 10.2. The maximum absolute atomic E-state index is 11.9. The number of carbonyl (C=O) groups is 1. The van der Waals surface area contributed by atoms with E-state index in [1.807, 2.05) is 13.8 Å². The largest absolute Gasteiger partial charge is 0.491 e. The van der Waals surface area contributed by atoms with E-state index in [2.05, 4.69) is 9.97 Å². The zero-order valence-corrected chi connectivity index (χ0v) is 12.2. The van der Waals surface area contributed by atoms with Crippen LogP contribution < -0.4 is 4.74 Å². The number of aromatic nitrogens is 2. The van der Waals surface area contributed by atoms with Crippen LogP contribution in [0.5, 0.6) is 5.75 Å². The molecule has 0 saturated carbocycles. The molecule has 1 aromatic rings. The van der Waals surface area contributed by atoms with Crippen molar-refractivity contribution < 1.29 is 9.53 Å². The minimum Gasteiger partial charge on any atom is -0.491 e. The van der Waals surface area contributed by atoms with Gasteiger partial charge in [0, 0.05) is 13.1 Å². The van der Waals surface area contributed by atoms with Crippen LogP contribution in [0.3, 0.4) is 0 Å². The molecule has 0 aliphatic rings. The lowest BCUT2D eigenvalue weighted by molar-refractivity contribution is -0.127. The lowest BCUT2D eigenvalue weighted by Crippen LogP contribution is -2.31. The average molecular weight is 290 g/mol. The molecule has 0 aromatic carbocycles. The van der Waals surface area contributed by atoms with Crippen molar-refractivity contribution in [3.05, 3.63) is 11.5 Å². The SMILES string of the molecule is CCN(CC)C(=O)CSc1ncnc(Cl)c1OC. The third kappa shape index (κ3) is 3.74. The second kappa shape index (κ2) is 7.43. The summed E-state index contributed by atoms with van der Waals surface area (Å²) < 4.78 is 5.12. The Kier molecular flexibility index (Phi) is 6.21. The number of nitrogens with zero attached hydrogens (tertiary/aromatic N) is 3. The van der Waals surface area contributed by atoms with E-state index in [1.54, 1.807) is 4.90 Å². The fourth-order valence-electron chi connectivity index (χ4n) is 1.41. The van der Waals surface area contributed by atoms with Crippen molar-refractivity contribution in [2.24, 2.45) is 0 Å². The highest BCUT2D eigenvalue weighted by Gasteiger charge is 2.15. The van der Waals surface area contributed by atoms with E-state index in [-0.39, 0.29) is 11.1 Å². The first kappa shape index (κ1) is 15.0. The van der Waals surface area contributed by atoms with Crippen LogP contribution in [0.4, 0.5) is 0 Å². The van der Waals surface area contributed by atoms with Gasteiger partial charge in [0.05, 0.1) is 12.9 Å². The van der Waals surface area contributed by atoms with Crippen LogP contribution in [0.15, 0.2) is 11.4 Å². The maximum atomic E-state index is 11.9. The van der Waals surface area contributed by atoms with E-state index in [4.69, 9.17) is 16.3 Å². The second-order valence-corrected chi connectivity index (χ2v) is 4.68. The number of hydrogen-bond donors (Lipinski definition) is 0. The molecule has 0 spiro atoms. The molecule has 0 bridgehead atoms. The van der Waals surface area contributed by atoms with Gasteiger partial charge < -0.3 is 9.64 Å². The Morgan fingerprint density at radius 1 is 1.44 bits per heavy atom. The zero-order valence-electron chi connectivity index (χ0n) is 10.6. The second-order valence-electron chi connectivity index (χ2n) is 3.36. The van der Waals surface area contributed by atoms with Gasteiger partial charge in [0.15, 0.2) is 10.9 Å². The first-order valence-electron chi connectivity index (χ1n) is 5.59. The predicted octanol–water partition coefficient (Wildman–Crippen LogP) is 2.10. The van der Waals surface area contributed by atoms with Crippen molar-refractivity contribution in [3.63, 3.8) is 0 Å². The summed E-state index contributed by atoms with van der Waals surface area (Å²) in [6.45, 7) is 5.32. The summed E-state index contributed by atoms with van der Waals surface area (Å²) in [6.07, 6.45) is 1.36. The predicted molar refractivity (Wildman–Crippen MR) is 72.2 cm³/mol. The van der Waals surface area contributed by atoms with Crippen LogP contribution in [-0.4, -0.2) is 46.7 Å². The molecular formula is C11H16ClN3O2S. The van der Waals surface area contributed by atoms with E-state index >= 15 is 0 Å². The smallest absolute Gasteiger partial charge is 0.232 e. The van der Waals surface area contributed by atoms with Crippen LogP contribution >= 0.6 is 23.4 Å². The number of hydrogen-bond acceptors (Lipinski definition) is 5. The molecular weight excluding hydrogens is 274 g/mol. The first-order chi connectivity index (χ1) is 8.63. The Labute approximate surface area is 116 Å². The van der Waals surface area contributed by atoms with Gasteiger partial charge >= 0.3 is 0 Å². The number of ether oxygens (including phenoxy) is 1. The Morgan fingerprint density at radius 3 is 2.67 bits per heavy atom. The fraction of sp³-hybridized carbons (Fsp3) is 0.545. The van der Waals surface area contributed by atoms with Crippen LogP contribution in [0.25, 0.3) is 0 Å². The Hall–Kier alpha value is -1.01. The summed E-state index contributed by atoms with van der Waals surface area (Å²) in [7, 11) is 1.50. The van der Waals surface area contributed by atoms with Crippen molar-refractivity contribution >= 4 is 29.3 Å². The standard InChI is InChI=1S/C11H16ClN3O2S/c1-4-15(5-2)8(16)6-18-11-9(17-3)10(12)13-7-14-11/h7H,4-6H2,1-3H3. The number of halogens is 1. The molecule has 0 aliphatic heterocycles. The molecule has 0 N–H and O–H groups in total. The fourth-order valence-corrected chi connectivity index (χ4v) is 2.55. The van der Waals surface area contributed by atoms with E-state index in [0.29, 0.717) is 29.6 Å². The molecule has 1 aromatic heterocycles. The molecule has 18 heavy (non-hydrogen) atoms. The molecule has 0 atom stereocenters. The van der Waals surface area contributed by atoms with Crippen LogP contribution in [-0.2, 0) is 4.79 Å². The summed E-state index contributed by atoms with van der Waals surface area (Å²) >= 11 is 7.18. The van der Waals surface area contributed by atoms with Crippen LogP contribution in [0.1, 0.15) is 13.8 Å². The van der Waals surface area contributed by atoms with Crippen molar-refractivity contribution in [2.45, 2.75) is 18.9 Å². The molecule has 1 rings (SSSR count). The van der Waals surface area contributed by atoms with Gasteiger partial charge in [-0.15, -0.1) is 0 Å². The minimum absolute atomic E-state index is 0.0711. The average Bonchev–Trinajstić information content (AvgIpc) is 2.37. The first-order valence-corrected chi connectivity index (χ1v) is 6.95. The van der Waals surface area contributed by atoms with E-state index < -0.39 is 0 Å². The maximum Gasteiger partial charge on any atom is 0.232 e. The lowest BCUT2D eigenvalue weighted by Gasteiger charge is -2.18. The molecule has 7 heteroatoms. The highest BCUT2D eigenvalue weighted by molar-refractivity contribution is 8.00. The van der Waals surface area contributed by atoms with Gasteiger partial charge in [-0.25, -0.2) is 9.97 Å². The molecule has 1 amide bonds. The molecule has 0 aliphatic carbocycles. The Morgan fingerprint density at radius 2 is 2.11 bits per heavy atom. The number of carbonyl (C=O) groups excluding carboxylic acids is 1. The molecule has 0 saturated heterocycles. The third-order valence-electron chi connectivity index (χ3n) is 2.38. The highest BCUT2D eigenvalue weighted by Crippen LogP contribution is 2.31. The molecule has 5 nitrogen and oxygen atoms in total. The van der Waals surface area contributed by atoms with Gasteiger partial charge in [-0.2, -0.15) is 0 Å². The van der Waals surface area contributed by atoms with Crippen LogP contribution in [0.2, 0.25) is 5.15 Å². The van der Waals surface area contributed by atoms with E-state index in [9.17, 15) is 4.79 Å². The molecule has 100 valence electrons. The van der Waals surface area contributed by atoms with Gasteiger partial charge in [0.1, 0.15) is 11.4 Å². The molecule has 0 radical (unpaired) electrons. The number of thioether (sulfide) groups is 1. The number of rotatable bonds is 6.